The molecule has 0 atom stereocenters. The highest BCUT2D eigenvalue weighted by molar-refractivity contribution is 5.82. The van der Waals surface area contributed by atoms with Crippen molar-refractivity contribution in [2.75, 3.05) is 13.7 Å². The maximum Gasteiger partial charge on any atom is 0.330 e. The maximum absolute atomic E-state index is 10.9. The first-order valence-corrected chi connectivity index (χ1v) is 4.96. The molecule has 0 radical (unpaired) electrons. The Kier molecular flexibility index (Phi) is 4.60. The van der Waals surface area contributed by atoms with Crippen molar-refractivity contribution >= 4 is 12.4 Å². The second kappa shape index (κ2) is 6.01. The minimum Gasteiger partial charge on any atom is -0.466 e. The van der Waals surface area contributed by atoms with Gasteiger partial charge in [0, 0.05) is 18.3 Å². The van der Waals surface area contributed by atoms with E-state index in [2.05, 4.69) is 4.74 Å². The van der Waals surface area contributed by atoms with Gasteiger partial charge in [-0.05, 0) is 25.3 Å². The summed E-state index contributed by atoms with van der Waals surface area (Å²) in [5.41, 5.74) is 0.771. The second-order valence-electron chi connectivity index (χ2n) is 3.28. The Morgan fingerprint density at radius 3 is 3.00 bits per heavy atom. The van der Waals surface area contributed by atoms with Gasteiger partial charge in [-0.3, -0.25) is 4.79 Å². The van der Waals surface area contributed by atoms with Crippen molar-refractivity contribution in [3.8, 4) is 0 Å². The minimum atomic E-state index is -0.411. The number of carbonyl (C=O) groups excluding carboxylic acids is 2. The highest BCUT2D eigenvalue weighted by atomic mass is 16.5. The molecule has 4 heteroatoms. The number of nitrogens with zero attached hydrogens (tertiary/aromatic N) is 1. The summed E-state index contributed by atoms with van der Waals surface area (Å²) in [6.07, 6.45) is 8.69. The van der Waals surface area contributed by atoms with E-state index in [-0.39, 0.29) is 0 Å². The highest BCUT2D eigenvalue weighted by Gasteiger charge is 2.08. The third kappa shape index (κ3) is 3.58. The van der Waals surface area contributed by atoms with Crippen LogP contribution in [0.5, 0.6) is 0 Å². The first-order chi connectivity index (χ1) is 7.27. The lowest BCUT2D eigenvalue weighted by Crippen LogP contribution is -2.20. The molecule has 0 spiro atoms. The summed E-state index contributed by atoms with van der Waals surface area (Å²) in [5, 5.41) is 0. The van der Waals surface area contributed by atoms with Gasteiger partial charge in [-0.2, -0.15) is 0 Å². The van der Waals surface area contributed by atoms with Crippen LogP contribution in [0.1, 0.15) is 19.3 Å². The van der Waals surface area contributed by atoms with Crippen LogP contribution in [0.15, 0.2) is 23.9 Å². The Bertz CT molecular complexity index is 294. The SMILES string of the molecule is COC(=O)/C=C/C1=CCCCCN1C=O. The van der Waals surface area contributed by atoms with Crippen molar-refractivity contribution < 1.29 is 14.3 Å². The Balaban J connectivity index is 2.70. The largest absolute Gasteiger partial charge is 0.466 e. The van der Waals surface area contributed by atoms with Gasteiger partial charge in [-0.25, -0.2) is 4.79 Å². The lowest BCUT2D eigenvalue weighted by atomic mass is 10.2. The summed E-state index contributed by atoms with van der Waals surface area (Å²) in [4.78, 5) is 23.3. The topological polar surface area (TPSA) is 46.6 Å². The Hall–Kier alpha value is -1.58. The smallest absolute Gasteiger partial charge is 0.330 e. The third-order valence-electron chi connectivity index (χ3n) is 2.26. The van der Waals surface area contributed by atoms with E-state index in [4.69, 9.17) is 0 Å². The zero-order valence-corrected chi connectivity index (χ0v) is 8.81. The first-order valence-electron chi connectivity index (χ1n) is 4.96. The van der Waals surface area contributed by atoms with Gasteiger partial charge in [0.25, 0.3) is 0 Å². The van der Waals surface area contributed by atoms with Crippen LogP contribution in [0.2, 0.25) is 0 Å². The number of esters is 1. The predicted octanol–water partition coefficient (Wildman–Crippen LogP) is 1.24. The van der Waals surface area contributed by atoms with Crippen molar-refractivity contribution in [1.29, 1.82) is 0 Å². The van der Waals surface area contributed by atoms with Crippen LogP contribution in [0.4, 0.5) is 0 Å². The number of hydrogen-bond acceptors (Lipinski definition) is 3. The molecule has 15 heavy (non-hydrogen) atoms. The van der Waals surface area contributed by atoms with E-state index in [1.807, 2.05) is 6.08 Å². The van der Waals surface area contributed by atoms with Crippen molar-refractivity contribution in [3.63, 3.8) is 0 Å². The summed E-state index contributed by atoms with van der Waals surface area (Å²) in [5.74, 6) is -0.411. The van der Waals surface area contributed by atoms with Gasteiger partial charge in [-0.15, -0.1) is 0 Å². The third-order valence-corrected chi connectivity index (χ3v) is 2.26. The van der Waals surface area contributed by atoms with E-state index < -0.39 is 5.97 Å². The molecule has 0 N–H and O–H groups in total. The summed E-state index contributed by atoms with van der Waals surface area (Å²) < 4.78 is 4.48. The van der Waals surface area contributed by atoms with E-state index >= 15 is 0 Å². The van der Waals surface area contributed by atoms with Crippen molar-refractivity contribution in [2.45, 2.75) is 19.3 Å². The number of methoxy groups -OCH3 is 1. The predicted molar refractivity (Wildman–Crippen MR) is 55.9 cm³/mol. The molecular weight excluding hydrogens is 194 g/mol. The molecule has 0 aromatic carbocycles. The van der Waals surface area contributed by atoms with Crippen LogP contribution >= 0.6 is 0 Å². The Morgan fingerprint density at radius 2 is 2.33 bits per heavy atom. The lowest BCUT2D eigenvalue weighted by molar-refractivity contribution is -0.134. The second-order valence-corrected chi connectivity index (χ2v) is 3.28. The fraction of sp³-hybridized carbons (Fsp3) is 0.455. The number of ether oxygens (including phenoxy) is 1. The normalized spacial score (nSPS) is 17.1. The molecule has 4 nitrogen and oxygen atoms in total. The van der Waals surface area contributed by atoms with E-state index in [9.17, 15) is 9.59 Å². The average molecular weight is 209 g/mol. The maximum atomic E-state index is 10.9. The molecule has 0 aliphatic carbocycles. The van der Waals surface area contributed by atoms with Gasteiger partial charge in [0.05, 0.1) is 7.11 Å². The Morgan fingerprint density at radius 1 is 1.53 bits per heavy atom. The lowest BCUT2D eigenvalue weighted by Gasteiger charge is -2.15. The molecule has 0 fully saturated rings. The molecule has 0 saturated heterocycles. The molecule has 1 aliphatic rings. The summed E-state index contributed by atoms with van der Waals surface area (Å²) >= 11 is 0. The zero-order chi connectivity index (χ0) is 11.1. The molecule has 1 aliphatic heterocycles. The number of amides is 1. The number of allylic oxidation sites excluding steroid dienone is 2. The molecule has 0 unspecified atom stereocenters. The van der Waals surface area contributed by atoms with Crippen molar-refractivity contribution in [2.24, 2.45) is 0 Å². The van der Waals surface area contributed by atoms with Gasteiger partial charge < -0.3 is 9.64 Å². The molecule has 1 rings (SSSR count). The summed E-state index contributed by atoms with van der Waals surface area (Å²) in [6, 6.07) is 0. The van der Waals surface area contributed by atoms with Gasteiger partial charge in [-0.1, -0.05) is 6.08 Å². The van der Waals surface area contributed by atoms with Crippen LogP contribution < -0.4 is 0 Å². The number of hydrogen-bond donors (Lipinski definition) is 0. The van der Waals surface area contributed by atoms with Gasteiger partial charge >= 0.3 is 5.97 Å². The summed E-state index contributed by atoms with van der Waals surface area (Å²) in [6.45, 7) is 0.709. The average Bonchev–Trinajstić information content (AvgIpc) is 2.50. The molecule has 0 aromatic heterocycles. The van der Waals surface area contributed by atoms with Crippen LogP contribution in [-0.2, 0) is 14.3 Å². The number of carbonyl (C=O) groups is 2. The molecule has 0 saturated carbocycles. The van der Waals surface area contributed by atoms with Gasteiger partial charge in [0.2, 0.25) is 6.41 Å². The van der Waals surface area contributed by atoms with Crippen molar-refractivity contribution in [3.05, 3.63) is 23.9 Å². The molecule has 0 aromatic rings. The molecule has 0 bridgehead atoms. The fourth-order valence-corrected chi connectivity index (χ4v) is 1.42. The molecule has 1 amide bonds. The van der Waals surface area contributed by atoms with Crippen LogP contribution in [0.3, 0.4) is 0 Å². The van der Waals surface area contributed by atoms with Gasteiger partial charge in [0.15, 0.2) is 0 Å². The fourth-order valence-electron chi connectivity index (χ4n) is 1.42. The van der Waals surface area contributed by atoms with Gasteiger partial charge in [0.1, 0.15) is 0 Å². The van der Waals surface area contributed by atoms with Crippen LogP contribution in [-0.4, -0.2) is 30.9 Å². The van der Waals surface area contributed by atoms with E-state index in [1.54, 1.807) is 11.0 Å². The highest BCUT2D eigenvalue weighted by Crippen LogP contribution is 2.13. The van der Waals surface area contributed by atoms with E-state index in [0.29, 0.717) is 6.54 Å². The minimum absolute atomic E-state index is 0.411. The Labute approximate surface area is 89.2 Å². The monoisotopic (exact) mass is 209 g/mol. The standard InChI is InChI=1S/C11H15NO3/c1-15-11(14)7-6-10-5-3-2-4-8-12(10)9-13/h5-7,9H,2-4,8H2,1H3/b7-6+. The molecule has 1 heterocycles. The first kappa shape index (κ1) is 11.5. The van der Waals surface area contributed by atoms with Crippen LogP contribution in [0.25, 0.3) is 0 Å². The molecule has 82 valence electrons. The van der Waals surface area contributed by atoms with E-state index in [0.717, 1.165) is 31.4 Å². The van der Waals surface area contributed by atoms with Crippen LogP contribution in [0, 0.1) is 0 Å². The molecular formula is C11H15NO3. The van der Waals surface area contributed by atoms with Crippen molar-refractivity contribution in [1.82, 2.24) is 4.90 Å². The quantitative estimate of drug-likeness (QED) is 0.399. The van der Waals surface area contributed by atoms with E-state index in [1.165, 1.54) is 13.2 Å². The number of rotatable bonds is 3. The zero-order valence-electron chi connectivity index (χ0n) is 8.81. The summed E-state index contributed by atoms with van der Waals surface area (Å²) in [7, 11) is 1.33.